The van der Waals surface area contributed by atoms with E-state index in [-0.39, 0.29) is 45.3 Å². The summed E-state index contributed by atoms with van der Waals surface area (Å²) in [6.45, 7) is 11.4. The van der Waals surface area contributed by atoms with Gasteiger partial charge in [-0.3, -0.25) is 19.7 Å². The Balaban J connectivity index is 0.000000265. The van der Waals surface area contributed by atoms with Crippen LogP contribution in [0.5, 0.6) is 0 Å². The monoisotopic (exact) mass is 821 g/mol. The number of furan rings is 2. The molecule has 2 heterocycles. The lowest BCUT2D eigenvalue weighted by Gasteiger charge is -2.19. The van der Waals surface area contributed by atoms with Crippen molar-refractivity contribution in [3.05, 3.63) is 131 Å². The van der Waals surface area contributed by atoms with Crippen LogP contribution in [0.1, 0.15) is 84.3 Å². The third kappa shape index (κ3) is 14.9. The standard InChI is InChI=1S/C20H26N2O4.C16H9F4N3O2.C5H4O3/c1-19(2,3)16-12-11-15(25-16)17(23)21-13-7-9-14(10-8-13)22-18(24)26-20(4,5)6;17-12-4-2-1-3-11(12)14(24)22-10-5-6-13(9(7-10)8-21)23-15(25)16(18,19)20;6-5(7)4-2-1-3-8-4/h7-12H,1-6H3,(H,21,23)(H,22,24);1-7H,(H,22,24)(H,23,25);1-3H,(H,6,7). The minimum atomic E-state index is -5.11. The highest BCUT2D eigenvalue weighted by atomic mass is 19.4. The van der Waals surface area contributed by atoms with Gasteiger partial charge < -0.3 is 34.6 Å². The fraction of sp³-hybridized carbons (Fsp3) is 0.220. The minimum Gasteiger partial charge on any atom is -0.475 e. The van der Waals surface area contributed by atoms with Crippen LogP contribution in [0.4, 0.5) is 45.1 Å². The first kappa shape index (κ1) is 46.0. The average Bonchev–Trinajstić information content (AvgIpc) is 3.87. The molecule has 14 nitrogen and oxygen atoms in total. The van der Waals surface area contributed by atoms with Gasteiger partial charge in [-0.1, -0.05) is 32.9 Å². The molecule has 0 aliphatic rings. The Labute approximate surface area is 335 Å². The zero-order valence-electron chi connectivity index (χ0n) is 32.4. The second-order valence-electron chi connectivity index (χ2n) is 14.1. The van der Waals surface area contributed by atoms with Crippen LogP contribution >= 0.6 is 0 Å². The summed E-state index contributed by atoms with van der Waals surface area (Å²) in [5.41, 5.74) is -0.410. The molecule has 0 saturated carbocycles. The lowest BCUT2D eigenvalue weighted by atomic mass is 9.94. The molecular weight excluding hydrogens is 782 g/mol. The minimum absolute atomic E-state index is 0.0231. The number of carbonyl (C=O) groups is 5. The second-order valence-corrected chi connectivity index (χ2v) is 14.1. The molecular formula is C41H39F4N5O9. The van der Waals surface area contributed by atoms with Gasteiger partial charge in [0.1, 0.15) is 23.2 Å². The Bertz CT molecular complexity index is 2300. The summed E-state index contributed by atoms with van der Waals surface area (Å²) in [7, 11) is 0. The summed E-state index contributed by atoms with van der Waals surface area (Å²) in [6, 6.07) is 23.2. The summed E-state index contributed by atoms with van der Waals surface area (Å²) < 4.78 is 65.6. The molecule has 0 atom stereocenters. The fourth-order valence-corrected chi connectivity index (χ4v) is 4.37. The van der Waals surface area contributed by atoms with Crippen LogP contribution in [0.15, 0.2) is 106 Å². The Hall–Kier alpha value is -7.42. The molecule has 0 spiro atoms. The lowest BCUT2D eigenvalue weighted by molar-refractivity contribution is -0.167. The first-order valence-corrected chi connectivity index (χ1v) is 17.2. The second kappa shape index (κ2) is 19.6. The molecule has 310 valence electrons. The predicted molar refractivity (Wildman–Crippen MR) is 208 cm³/mol. The van der Waals surface area contributed by atoms with E-state index < -0.39 is 41.5 Å². The number of alkyl halides is 3. The Morgan fingerprint density at radius 1 is 0.712 bits per heavy atom. The summed E-state index contributed by atoms with van der Waals surface area (Å²) in [5, 5.41) is 26.5. The number of benzene rings is 3. The molecule has 5 N–H and O–H groups in total. The van der Waals surface area contributed by atoms with Gasteiger partial charge in [-0.05, 0) is 99.6 Å². The molecule has 59 heavy (non-hydrogen) atoms. The number of nitrogens with zero attached hydrogens (tertiary/aromatic N) is 1. The summed E-state index contributed by atoms with van der Waals surface area (Å²) in [4.78, 5) is 56.9. The number of nitrogens with one attached hydrogen (secondary N) is 4. The van der Waals surface area contributed by atoms with Crippen molar-refractivity contribution < 1.29 is 60.2 Å². The van der Waals surface area contributed by atoms with E-state index in [2.05, 4.69) is 20.4 Å². The molecule has 0 aliphatic carbocycles. The molecule has 2 aromatic heterocycles. The Morgan fingerprint density at radius 3 is 1.80 bits per heavy atom. The summed E-state index contributed by atoms with van der Waals surface area (Å²) in [5.74, 6) is -4.16. The third-order valence-corrected chi connectivity index (χ3v) is 7.11. The highest BCUT2D eigenvalue weighted by Gasteiger charge is 2.39. The van der Waals surface area contributed by atoms with Gasteiger partial charge in [0.15, 0.2) is 5.76 Å². The van der Waals surface area contributed by atoms with Crippen LogP contribution in [-0.4, -0.2) is 46.7 Å². The number of hydrogen-bond donors (Lipinski definition) is 5. The SMILES string of the molecule is CC(C)(C)OC(=O)Nc1ccc(NC(=O)c2ccc(C(C)(C)C)o2)cc1.N#Cc1cc(NC(=O)c2ccccc2F)ccc1NC(=O)C(F)(F)F.O=C(O)c1ccco1. The number of nitriles is 1. The van der Waals surface area contributed by atoms with Gasteiger partial charge in [0, 0.05) is 22.5 Å². The van der Waals surface area contributed by atoms with Gasteiger partial charge >= 0.3 is 24.1 Å². The molecule has 0 saturated heterocycles. The van der Waals surface area contributed by atoms with Crippen LogP contribution in [0, 0.1) is 17.1 Å². The van der Waals surface area contributed by atoms with E-state index in [1.54, 1.807) is 62.5 Å². The number of rotatable bonds is 7. The summed E-state index contributed by atoms with van der Waals surface area (Å²) in [6.07, 6.45) is -4.31. The number of hydrogen-bond acceptors (Lipinski definition) is 9. The molecule has 0 aliphatic heterocycles. The van der Waals surface area contributed by atoms with Crippen LogP contribution in [0.2, 0.25) is 0 Å². The highest BCUT2D eigenvalue weighted by Crippen LogP contribution is 2.26. The molecule has 0 radical (unpaired) electrons. The van der Waals surface area contributed by atoms with Gasteiger partial charge in [0.05, 0.1) is 23.1 Å². The number of amides is 4. The number of halogens is 4. The molecule has 5 rings (SSSR count). The van der Waals surface area contributed by atoms with Crippen LogP contribution in [0.25, 0.3) is 0 Å². The van der Waals surface area contributed by atoms with Gasteiger partial charge in [-0.15, -0.1) is 0 Å². The lowest BCUT2D eigenvalue weighted by Crippen LogP contribution is -2.30. The topological polar surface area (TPSA) is 213 Å². The molecule has 0 bridgehead atoms. The molecule has 0 unspecified atom stereocenters. The largest absolute Gasteiger partial charge is 0.475 e. The van der Waals surface area contributed by atoms with Crippen molar-refractivity contribution >= 4 is 52.5 Å². The van der Waals surface area contributed by atoms with E-state index in [1.165, 1.54) is 42.7 Å². The van der Waals surface area contributed by atoms with Crippen molar-refractivity contribution in [1.82, 2.24) is 0 Å². The zero-order chi connectivity index (χ0) is 44.1. The maximum Gasteiger partial charge on any atom is 0.471 e. The normalized spacial score (nSPS) is 10.9. The third-order valence-electron chi connectivity index (χ3n) is 7.11. The smallest absolute Gasteiger partial charge is 0.471 e. The number of aromatic carboxylic acids is 1. The van der Waals surface area contributed by atoms with E-state index in [0.29, 0.717) is 11.4 Å². The number of ether oxygens (including phenoxy) is 1. The van der Waals surface area contributed by atoms with E-state index in [9.17, 15) is 41.5 Å². The molecule has 0 fully saturated rings. The van der Waals surface area contributed by atoms with Gasteiger partial charge in [0.2, 0.25) is 5.76 Å². The maximum atomic E-state index is 13.5. The van der Waals surface area contributed by atoms with Crippen molar-refractivity contribution in [2.24, 2.45) is 0 Å². The van der Waals surface area contributed by atoms with Crippen LogP contribution in [0.3, 0.4) is 0 Å². The van der Waals surface area contributed by atoms with E-state index >= 15 is 0 Å². The van der Waals surface area contributed by atoms with Crippen molar-refractivity contribution in [1.29, 1.82) is 5.26 Å². The number of carbonyl (C=O) groups excluding carboxylic acids is 4. The van der Waals surface area contributed by atoms with Gasteiger partial charge in [-0.25, -0.2) is 14.0 Å². The first-order valence-electron chi connectivity index (χ1n) is 17.2. The van der Waals surface area contributed by atoms with Crippen molar-refractivity contribution in [3.8, 4) is 6.07 Å². The number of anilines is 4. The molecule has 18 heteroatoms. The quantitative estimate of drug-likeness (QED) is 0.0981. The van der Waals surface area contributed by atoms with Gasteiger partial charge in [0.25, 0.3) is 11.8 Å². The van der Waals surface area contributed by atoms with Crippen LogP contribution in [-0.2, 0) is 14.9 Å². The zero-order valence-corrected chi connectivity index (χ0v) is 32.4. The van der Waals surface area contributed by atoms with Crippen molar-refractivity contribution in [3.63, 3.8) is 0 Å². The van der Waals surface area contributed by atoms with Gasteiger partial charge in [-0.2, -0.15) is 18.4 Å². The Kier molecular flexibility index (Phi) is 15.3. The number of carboxylic acids is 1. The maximum absolute atomic E-state index is 13.5. The number of carboxylic acid groups (broad SMARTS) is 1. The average molecular weight is 822 g/mol. The predicted octanol–water partition coefficient (Wildman–Crippen LogP) is 9.60. The van der Waals surface area contributed by atoms with E-state index in [0.717, 1.165) is 24.0 Å². The molecule has 5 aromatic rings. The molecule has 3 aromatic carbocycles. The van der Waals surface area contributed by atoms with Crippen molar-refractivity contribution in [2.75, 3.05) is 21.3 Å². The highest BCUT2D eigenvalue weighted by molar-refractivity contribution is 6.05. The molecule has 4 amide bonds. The van der Waals surface area contributed by atoms with E-state index in [1.807, 2.05) is 26.8 Å². The summed E-state index contributed by atoms with van der Waals surface area (Å²) >= 11 is 0. The van der Waals surface area contributed by atoms with E-state index in [4.69, 9.17) is 19.5 Å². The van der Waals surface area contributed by atoms with Crippen LogP contribution < -0.4 is 21.3 Å². The van der Waals surface area contributed by atoms with Crippen molar-refractivity contribution in [2.45, 2.75) is 58.7 Å². The first-order chi connectivity index (χ1) is 27.5. The fourth-order valence-electron chi connectivity index (χ4n) is 4.37. The Morgan fingerprint density at radius 2 is 1.31 bits per heavy atom.